The van der Waals surface area contributed by atoms with Crippen LogP contribution in [-0.4, -0.2) is 36.1 Å². The number of rotatable bonds is 4. The van der Waals surface area contributed by atoms with Crippen molar-refractivity contribution < 1.29 is 4.21 Å². The maximum atomic E-state index is 13.6. The van der Waals surface area contributed by atoms with Crippen LogP contribution in [-0.2, 0) is 22.7 Å². The molecule has 30 heavy (non-hydrogen) atoms. The van der Waals surface area contributed by atoms with Crippen molar-refractivity contribution in [2.45, 2.75) is 50.3 Å². The molecule has 1 atom stereocenters. The summed E-state index contributed by atoms with van der Waals surface area (Å²) in [7, 11) is -2.24. The molecule has 0 radical (unpaired) electrons. The van der Waals surface area contributed by atoms with Gasteiger partial charge in [0, 0.05) is 45.2 Å². The van der Waals surface area contributed by atoms with E-state index in [1.165, 1.54) is 30.4 Å². The molecule has 0 amide bonds. The third-order valence-electron chi connectivity index (χ3n) is 6.47. The lowest BCUT2D eigenvalue weighted by Gasteiger charge is -2.37. The van der Waals surface area contributed by atoms with E-state index in [0.29, 0.717) is 6.54 Å². The smallest absolute Gasteiger partial charge is 0.133 e. The number of anilines is 2. The minimum atomic E-state index is -2.24. The lowest BCUT2D eigenvalue weighted by molar-refractivity contribution is 0.400. The fourth-order valence-corrected chi connectivity index (χ4v) is 7.01. The van der Waals surface area contributed by atoms with Crippen LogP contribution in [0.2, 0.25) is 0 Å². The van der Waals surface area contributed by atoms with E-state index in [-0.39, 0.29) is 5.25 Å². The lowest BCUT2D eigenvalue weighted by atomic mass is 10.0. The molecular formula is C24H28N4OS. The number of hydrogen-bond acceptors (Lipinski definition) is 4. The fraction of sp³-hybridized carbons (Fsp3) is 0.375. The van der Waals surface area contributed by atoms with Crippen molar-refractivity contribution in [3.05, 3.63) is 59.9 Å². The Kier molecular flexibility index (Phi) is 5.21. The summed E-state index contributed by atoms with van der Waals surface area (Å²) in [6.45, 7) is 1.45. The zero-order valence-corrected chi connectivity index (χ0v) is 18.0. The Morgan fingerprint density at radius 1 is 1.10 bits per heavy atom. The van der Waals surface area contributed by atoms with E-state index in [0.717, 1.165) is 48.2 Å². The Labute approximate surface area is 178 Å². The molecule has 1 N–H and O–H groups in total. The molecule has 3 heterocycles. The topological polar surface area (TPSA) is 58.1 Å². The monoisotopic (exact) mass is 420 g/mol. The highest BCUT2D eigenvalue weighted by molar-refractivity contribution is 7.98. The number of nitrogens with one attached hydrogen (secondary N) is 1. The Balaban J connectivity index is 1.38. The Bertz CT molecular complexity index is 1170. The van der Waals surface area contributed by atoms with Crippen LogP contribution in [0.25, 0.3) is 10.9 Å². The number of fused-ring (bicyclic) bond motifs is 2. The number of aromatic nitrogens is 2. The van der Waals surface area contributed by atoms with Crippen molar-refractivity contribution in [1.82, 2.24) is 14.3 Å². The van der Waals surface area contributed by atoms with Gasteiger partial charge in [0.2, 0.25) is 0 Å². The Hall–Kier alpha value is -2.44. The SMILES string of the molecule is C=S(=O)(C1CCCCC1)N1CCc2c(ccnc2Nc2cnc3ccccc3c2)C1. The minimum absolute atomic E-state index is 0.232. The molecule has 1 aromatic carbocycles. The van der Waals surface area contributed by atoms with Crippen molar-refractivity contribution in [3.8, 4) is 0 Å². The van der Waals surface area contributed by atoms with Crippen LogP contribution in [0.5, 0.6) is 0 Å². The third-order valence-corrected chi connectivity index (χ3v) is 9.17. The second-order valence-electron chi connectivity index (χ2n) is 8.40. The van der Waals surface area contributed by atoms with Gasteiger partial charge < -0.3 is 5.32 Å². The highest BCUT2D eigenvalue weighted by Crippen LogP contribution is 2.32. The first kappa shape index (κ1) is 19.5. The predicted octanol–water partition coefficient (Wildman–Crippen LogP) is 4.70. The molecule has 0 spiro atoms. The van der Waals surface area contributed by atoms with Gasteiger partial charge in [-0.2, -0.15) is 0 Å². The van der Waals surface area contributed by atoms with E-state index in [1.807, 2.05) is 30.6 Å². The molecule has 5 rings (SSSR count). The van der Waals surface area contributed by atoms with Crippen LogP contribution in [0, 0.1) is 0 Å². The third kappa shape index (κ3) is 3.70. The minimum Gasteiger partial charge on any atom is -0.339 e. The van der Waals surface area contributed by atoms with E-state index in [9.17, 15) is 4.21 Å². The molecule has 1 saturated carbocycles. The highest BCUT2D eigenvalue weighted by Gasteiger charge is 2.31. The van der Waals surface area contributed by atoms with Gasteiger partial charge >= 0.3 is 0 Å². The van der Waals surface area contributed by atoms with Gasteiger partial charge in [0.25, 0.3) is 0 Å². The number of benzene rings is 1. The van der Waals surface area contributed by atoms with Gasteiger partial charge in [-0.3, -0.25) is 9.19 Å². The quantitative estimate of drug-likeness (QED) is 0.622. The first-order valence-electron chi connectivity index (χ1n) is 10.8. The standard InChI is InChI=1S/C24H28N4OS/c1-30(29,21-8-3-2-4-9-21)28-14-12-22-19(17-28)11-13-25-24(22)27-20-15-18-7-5-6-10-23(18)26-16-20/h5-7,10-11,13,15-16,21H,1-4,8-9,12,14,17H2,(H,25,27). The zero-order valence-electron chi connectivity index (χ0n) is 17.2. The maximum absolute atomic E-state index is 13.6. The molecule has 6 heteroatoms. The largest absolute Gasteiger partial charge is 0.339 e. The van der Waals surface area contributed by atoms with Crippen LogP contribution in [0.4, 0.5) is 11.5 Å². The van der Waals surface area contributed by atoms with Gasteiger partial charge in [0.05, 0.1) is 17.4 Å². The molecule has 2 aromatic heterocycles. The van der Waals surface area contributed by atoms with E-state index < -0.39 is 9.71 Å². The molecule has 1 fully saturated rings. The summed E-state index contributed by atoms with van der Waals surface area (Å²) in [5.74, 6) is 5.10. The molecule has 156 valence electrons. The first-order valence-corrected chi connectivity index (χ1v) is 12.6. The molecule has 1 aliphatic heterocycles. The molecular weight excluding hydrogens is 392 g/mol. The summed E-state index contributed by atoms with van der Waals surface area (Å²) in [5, 5.41) is 4.79. The van der Waals surface area contributed by atoms with Gasteiger partial charge in [0.1, 0.15) is 5.82 Å². The number of para-hydroxylation sites is 1. The van der Waals surface area contributed by atoms with E-state index >= 15 is 0 Å². The highest BCUT2D eigenvalue weighted by atomic mass is 32.2. The Morgan fingerprint density at radius 3 is 2.80 bits per heavy atom. The summed E-state index contributed by atoms with van der Waals surface area (Å²) < 4.78 is 15.7. The van der Waals surface area contributed by atoms with Crippen LogP contribution in [0.1, 0.15) is 43.2 Å². The van der Waals surface area contributed by atoms with Crippen molar-refractivity contribution in [2.24, 2.45) is 0 Å². The maximum Gasteiger partial charge on any atom is 0.133 e. The van der Waals surface area contributed by atoms with Gasteiger partial charge in [-0.25, -0.2) is 9.29 Å². The predicted molar refractivity (Wildman–Crippen MR) is 126 cm³/mol. The Morgan fingerprint density at radius 2 is 1.93 bits per heavy atom. The van der Waals surface area contributed by atoms with Crippen LogP contribution < -0.4 is 5.32 Å². The van der Waals surface area contributed by atoms with Crippen LogP contribution in [0.15, 0.2) is 48.8 Å². The molecule has 0 saturated heterocycles. The number of pyridine rings is 2. The summed E-state index contributed by atoms with van der Waals surface area (Å²) in [6, 6.07) is 12.3. The van der Waals surface area contributed by atoms with Crippen molar-refractivity contribution >= 4 is 38.0 Å². The first-order chi connectivity index (χ1) is 14.6. The second-order valence-corrected chi connectivity index (χ2v) is 11.0. The lowest BCUT2D eigenvalue weighted by Crippen LogP contribution is -2.42. The van der Waals surface area contributed by atoms with Gasteiger partial charge in [-0.1, -0.05) is 37.5 Å². The van der Waals surface area contributed by atoms with Crippen molar-refractivity contribution in [3.63, 3.8) is 0 Å². The van der Waals surface area contributed by atoms with E-state index in [2.05, 4.69) is 43.7 Å². The molecule has 0 bridgehead atoms. The van der Waals surface area contributed by atoms with E-state index in [4.69, 9.17) is 0 Å². The molecule has 1 unspecified atom stereocenters. The summed E-state index contributed by atoms with van der Waals surface area (Å²) in [4.78, 5) is 9.14. The molecule has 2 aliphatic rings. The summed E-state index contributed by atoms with van der Waals surface area (Å²) >= 11 is 0. The van der Waals surface area contributed by atoms with Crippen molar-refractivity contribution in [1.29, 1.82) is 0 Å². The zero-order chi connectivity index (χ0) is 20.6. The van der Waals surface area contributed by atoms with Gasteiger partial charge in [-0.05, 0) is 48.9 Å². The second kappa shape index (κ2) is 8.00. The molecule has 3 aromatic rings. The summed E-state index contributed by atoms with van der Waals surface area (Å²) in [6.07, 6.45) is 10.2. The van der Waals surface area contributed by atoms with Crippen molar-refractivity contribution in [2.75, 3.05) is 11.9 Å². The molecule has 1 aliphatic carbocycles. The normalized spacial score (nSPS) is 19.9. The average Bonchev–Trinajstić information content (AvgIpc) is 2.79. The number of nitrogens with zero attached hydrogens (tertiary/aromatic N) is 3. The number of hydrogen-bond donors (Lipinski definition) is 1. The molecule has 5 nitrogen and oxygen atoms in total. The van der Waals surface area contributed by atoms with Gasteiger partial charge in [0.15, 0.2) is 0 Å². The average molecular weight is 421 g/mol. The van der Waals surface area contributed by atoms with E-state index in [1.54, 1.807) is 0 Å². The van der Waals surface area contributed by atoms with Gasteiger partial charge in [-0.15, -0.1) is 0 Å². The van der Waals surface area contributed by atoms with Crippen LogP contribution in [0.3, 0.4) is 0 Å². The summed E-state index contributed by atoms with van der Waals surface area (Å²) in [5.41, 5.74) is 4.32. The fourth-order valence-electron chi connectivity index (χ4n) is 4.76. The van der Waals surface area contributed by atoms with Crippen LogP contribution >= 0.6 is 0 Å².